The Labute approximate surface area is 102 Å². The van der Waals surface area contributed by atoms with Gasteiger partial charge in [0.15, 0.2) is 0 Å². The predicted molar refractivity (Wildman–Crippen MR) is 65.0 cm³/mol. The molecule has 1 unspecified atom stereocenters. The Hall–Kier alpha value is -0.330. The number of carbonyl (C=O) groups excluding carboxylic acids is 1. The Morgan fingerprint density at radius 2 is 2.00 bits per heavy atom. The van der Waals surface area contributed by atoms with E-state index in [1.54, 1.807) is 6.92 Å². The lowest BCUT2D eigenvalue weighted by molar-refractivity contribution is -0.122. The number of carbonyl (C=O) groups is 1. The zero-order valence-corrected chi connectivity index (χ0v) is 11.2. The van der Waals surface area contributed by atoms with E-state index in [1.807, 2.05) is 0 Å². The lowest BCUT2D eigenvalue weighted by Gasteiger charge is -2.13. The van der Waals surface area contributed by atoms with Crippen LogP contribution in [0.4, 0.5) is 0 Å². The molecule has 0 fully saturated rings. The third kappa shape index (κ3) is 7.03. The highest BCUT2D eigenvalue weighted by molar-refractivity contribution is 7.89. The number of hydrogen-bond donors (Lipinski definition) is 2. The van der Waals surface area contributed by atoms with Crippen LogP contribution < -0.4 is 10.0 Å². The Morgan fingerprint density at radius 3 is 2.50 bits per heavy atom. The van der Waals surface area contributed by atoms with E-state index in [9.17, 15) is 13.2 Å². The van der Waals surface area contributed by atoms with Gasteiger partial charge in [-0.25, -0.2) is 13.1 Å². The first-order valence-electron chi connectivity index (χ1n) is 5.26. The first-order valence-corrected chi connectivity index (χ1v) is 7.45. The van der Waals surface area contributed by atoms with E-state index in [0.717, 1.165) is 0 Å². The average Bonchev–Trinajstić information content (AvgIpc) is 2.17. The summed E-state index contributed by atoms with van der Waals surface area (Å²) in [5.41, 5.74) is 0. The second kappa shape index (κ2) is 7.86. The molecule has 1 atom stereocenters. The minimum absolute atomic E-state index is 0.00344. The summed E-state index contributed by atoms with van der Waals surface area (Å²) in [5, 5.41) is 2.55. The molecule has 5 nitrogen and oxygen atoms in total. The Bertz CT molecular complexity index is 306. The molecule has 0 spiro atoms. The number of hydrogen-bond acceptors (Lipinski definition) is 3. The summed E-state index contributed by atoms with van der Waals surface area (Å²) in [7, 11) is -3.39. The van der Waals surface area contributed by atoms with Crippen molar-refractivity contribution in [3.05, 3.63) is 0 Å². The highest BCUT2D eigenvalue weighted by Crippen LogP contribution is 1.98. The molecule has 2 N–H and O–H groups in total. The molecule has 7 heteroatoms. The fraction of sp³-hybridized carbons (Fsp3) is 0.889. The third-order valence-corrected chi connectivity index (χ3v) is 3.70. The molecule has 0 saturated heterocycles. The number of alkyl halides is 1. The molecule has 0 aromatic heterocycles. The van der Waals surface area contributed by atoms with Gasteiger partial charge in [-0.05, 0) is 26.7 Å². The Morgan fingerprint density at radius 1 is 1.38 bits per heavy atom. The lowest BCUT2D eigenvalue weighted by atomic mass is 10.3. The van der Waals surface area contributed by atoms with Crippen LogP contribution in [0.1, 0.15) is 26.7 Å². The number of halogens is 1. The molecule has 96 valence electrons. The van der Waals surface area contributed by atoms with E-state index in [1.165, 1.54) is 6.92 Å². The summed E-state index contributed by atoms with van der Waals surface area (Å²) in [6.45, 7) is 3.78. The van der Waals surface area contributed by atoms with Crippen molar-refractivity contribution < 1.29 is 13.2 Å². The van der Waals surface area contributed by atoms with E-state index in [4.69, 9.17) is 11.6 Å². The molecule has 1 amide bonds. The van der Waals surface area contributed by atoms with Crippen LogP contribution in [-0.4, -0.2) is 38.5 Å². The number of unbranched alkanes of at least 4 members (excludes halogenated alkanes) is 1. The second-order valence-corrected chi connectivity index (χ2v) is 5.70. The average molecular weight is 271 g/mol. The van der Waals surface area contributed by atoms with Crippen molar-refractivity contribution in [3.8, 4) is 0 Å². The van der Waals surface area contributed by atoms with Crippen LogP contribution in [0.3, 0.4) is 0 Å². The van der Waals surface area contributed by atoms with Gasteiger partial charge in [0.1, 0.15) is 0 Å². The summed E-state index contributed by atoms with van der Waals surface area (Å²) >= 11 is 5.45. The summed E-state index contributed by atoms with van der Waals surface area (Å²) in [6, 6.07) is -0.735. The van der Waals surface area contributed by atoms with Crippen LogP contribution in [0.2, 0.25) is 0 Å². The van der Waals surface area contributed by atoms with Crippen molar-refractivity contribution in [2.75, 3.05) is 18.2 Å². The smallest absolute Gasteiger partial charge is 0.237 e. The maximum absolute atomic E-state index is 11.5. The van der Waals surface area contributed by atoms with E-state index in [0.29, 0.717) is 25.3 Å². The molecule has 0 radical (unpaired) electrons. The highest BCUT2D eigenvalue weighted by Gasteiger charge is 2.18. The minimum Gasteiger partial charge on any atom is -0.355 e. The second-order valence-electron chi connectivity index (χ2n) is 3.45. The monoisotopic (exact) mass is 270 g/mol. The summed E-state index contributed by atoms with van der Waals surface area (Å²) in [6.07, 6.45) is 1.15. The van der Waals surface area contributed by atoms with Crippen LogP contribution in [-0.2, 0) is 14.8 Å². The zero-order chi connectivity index (χ0) is 12.6. The van der Waals surface area contributed by atoms with Gasteiger partial charge < -0.3 is 5.32 Å². The first kappa shape index (κ1) is 15.7. The van der Waals surface area contributed by atoms with Crippen molar-refractivity contribution in [2.45, 2.75) is 32.7 Å². The lowest BCUT2D eigenvalue weighted by Crippen LogP contribution is -2.45. The molecule has 0 aromatic carbocycles. The Balaban J connectivity index is 4.09. The topological polar surface area (TPSA) is 75.3 Å². The van der Waals surface area contributed by atoms with Crippen molar-refractivity contribution in [2.24, 2.45) is 0 Å². The van der Waals surface area contributed by atoms with Crippen LogP contribution in [0.5, 0.6) is 0 Å². The van der Waals surface area contributed by atoms with Gasteiger partial charge in [-0.3, -0.25) is 4.79 Å². The molecule has 16 heavy (non-hydrogen) atoms. The summed E-state index contributed by atoms with van der Waals surface area (Å²) in [5.74, 6) is 0.133. The fourth-order valence-electron chi connectivity index (χ4n) is 1.10. The van der Waals surface area contributed by atoms with Gasteiger partial charge in [0.2, 0.25) is 15.9 Å². The number of nitrogens with one attached hydrogen (secondary N) is 2. The van der Waals surface area contributed by atoms with Gasteiger partial charge in [-0.2, -0.15) is 0 Å². The number of amides is 1. The number of sulfonamides is 1. The summed E-state index contributed by atoms with van der Waals surface area (Å²) < 4.78 is 25.3. The van der Waals surface area contributed by atoms with E-state index in [-0.39, 0.29) is 11.7 Å². The van der Waals surface area contributed by atoms with Gasteiger partial charge in [0, 0.05) is 12.4 Å². The zero-order valence-electron chi connectivity index (χ0n) is 9.62. The van der Waals surface area contributed by atoms with Gasteiger partial charge in [0.25, 0.3) is 0 Å². The predicted octanol–water partition coefficient (Wildman–Crippen LogP) is 0.449. The van der Waals surface area contributed by atoms with E-state index >= 15 is 0 Å². The SMILES string of the molecule is CCNC(=O)C(C)NS(=O)(=O)CCCCCl. The van der Waals surface area contributed by atoms with Crippen molar-refractivity contribution in [1.29, 1.82) is 0 Å². The molecule has 0 heterocycles. The molecular formula is C9H19ClN2O3S. The maximum Gasteiger partial charge on any atom is 0.237 e. The Kier molecular flexibility index (Phi) is 7.70. The van der Waals surface area contributed by atoms with Gasteiger partial charge in [0.05, 0.1) is 11.8 Å². The molecule has 0 saturated carbocycles. The normalized spacial score (nSPS) is 13.4. The quantitative estimate of drug-likeness (QED) is 0.497. The molecule has 0 aromatic rings. The van der Waals surface area contributed by atoms with Crippen LogP contribution >= 0.6 is 11.6 Å². The maximum atomic E-state index is 11.5. The molecule has 0 aliphatic rings. The first-order chi connectivity index (χ1) is 7.43. The number of rotatable bonds is 8. The molecular weight excluding hydrogens is 252 g/mol. The van der Waals surface area contributed by atoms with Gasteiger partial charge in [-0.1, -0.05) is 0 Å². The number of likely N-dealkylation sites (N-methyl/N-ethyl adjacent to an activating group) is 1. The van der Waals surface area contributed by atoms with Crippen LogP contribution in [0.15, 0.2) is 0 Å². The van der Waals surface area contributed by atoms with Crippen molar-refractivity contribution in [1.82, 2.24) is 10.0 Å². The van der Waals surface area contributed by atoms with E-state index < -0.39 is 16.1 Å². The molecule has 0 aliphatic carbocycles. The summed E-state index contributed by atoms with van der Waals surface area (Å²) in [4.78, 5) is 11.3. The molecule has 0 bridgehead atoms. The third-order valence-electron chi connectivity index (χ3n) is 1.90. The molecule has 0 aliphatic heterocycles. The fourth-order valence-corrected chi connectivity index (χ4v) is 2.63. The van der Waals surface area contributed by atoms with Crippen molar-refractivity contribution in [3.63, 3.8) is 0 Å². The minimum atomic E-state index is -3.39. The molecule has 0 rings (SSSR count). The van der Waals surface area contributed by atoms with Crippen LogP contribution in [0, 0.1) is 0 Å². The highest BCUT2D eigenvalue weighted by atomic mass is 35.5. The largest absolute Gasteiger partial charge is 0.355 e. The van der Waals surface area contributed by atoms with Gasteiger partial charge >= 0.3 is 0 Å². The van der Waals surface area contributed by atoms with Crippen molar-refractivity contribution >= 4 is 27.5 Å². The standard InChI is InChI=1S/C9H19ClN2O3S/c1-3-11-9(13)8(2)12-16(14,15)7-5-4-6-10/h8,12H,3-7H2,1-2H3,(H,11,13). The van der Waals surface area contributed by atoms with Crippen LogP contribution in [0.25, 0.3) is 0 Å². The van der Waals surface area contributed by atoms with Gasteiger partial charge in [-0.15, -0.1) is 11.6 Å². The van der Waals surface area contributed by atoms with E-state index in [2.05, 4.69) is 10.0 Å².